The Kier molecular flexibility index (Phi) is 5.88. The van der Waals surface area contributed by atoms with Crippen LogP contribution >= 0.6 is 45.2 Å². The fourth-order valence-electron chi connectivity index (χ4n) is 6.32. The quantitative estimate of drug-likeness (QED) is 0.191. The Morgan fingerprint density at radius 2 is 1.58 bits per heavy atom. The van der Waals surface area contributed by atoms with Gasteiger partial charge in [0, 0.05) is 3.57 Å². The van der Waals surface area contributed by atoms with Crippen LogP contribution in [0.4, 0.5) is 0 Å². The normalized spacial score (nSPS) is 29.2. The lowest BCUT2D eigenvalue weighted by Gasteiger charge is -2.54. The van der Waals surface area contributed by atoms with Crippen LogP contribution in [0.2, 0.25) is 0 Å². The standard InChI is InChI=1S/C23H22I2O5S/c24-17-2-3-19(25)20(11-17)30-23(26)14-1-4-21(31(27,28)29)18(10-14)22-15-6-12-5-13(8-15)9-16(22)7-12/h1-4,10-13,15-16,22H,5-9H2,(H,27,28,29). The van der Waals surface area contributed by atoms with Gasteiger partial charge in [0.15, 0.2) is 0 Å². The summed E-state index contributed by atoms with van der Waals surface area (Å²) in [4.78, 5) is 12.9. The molecule has 6 rings (SSSR count). The fraction of sp³-hybridized carbons (Fsp3) is 0.435. The lowest BCUT2D eigenvalue weighted by molar-refractivity contribution is -0.00372. The summed E-state index contributed by atoms with van der Waals surface area (Å²) in [6, 6.07) is 10.1. The van der Waals surface area contributed by atoms with E-state index in [4.69, 9.17) is 4.74 Å². The van der Waals surface area contributed by atoms with E-state index >= 15 is 0 Å². The van der Waals surface area contributed by atoms with Crippen molar-refractivity contribution in [3.05, 3.63) is 54.7 Å². The number of rotatable bonds is 4. The lowest BCUT2D eigenvalue weighted by Crippen LogP contribution is -2.44. The Morgan fingerprint density at radius 1 is 0.935 bits per heavy atom. The summed E-state index contributed by atoms with van der Waals surface area (Å²) in [6.07, 6.45) is 5.73. The fourth-order valence-corrected chi connectivity index (χ4v) is 7.96. The molecule has 4 fully saturated rings. The zero-order valence-corrected chi connectivity index (χ0v) is 21.8. The van der Waals surface area contributed by atoms with Crippen LogP contribution in [0, 0.1) is 30.8 Å². The molecule has 8 heteroatoms. The predicted octanol–water partition coefficient (Wildman–Crippen LogP) is 5.90. The molecule has 5 nitrogen and oxygen atoms in total. The molecule has 0 amide bonds. The first-order valence-electron chi connectivity index (χ1n) is 10.5. The van der Waals surface area contributed by atoms with Gasteiger partial charge in [-0.25, -0.2) is 4.79 Å². The van der Waals surface area contributed by atoms with Gasteiger partial charge in [-0.05, 0) is 149 Å². The topological polar surface area (TPSA) is 80.7 Å². The minimum atomic E-state index is -4.38. The molecule has 0 atom stereocenters. The number of carbonyl (C=O) groups is 1. The Balaban J connectivity index is 1.52. The molecule has 0 heterocycles. The molecule has 2 aromatic rings. The van der Waals surface area contributed by atoms with Gasteiger partial charge in [0.25, 0.3) is 10.1 Å². The van der Waals surface area contributed by atoms with Crippen molar-refractivity contribution in [2.45, 2.75) is 42.9 Å². The highest BCUT2D eigenvalue weighted by Crippen LogP contribution is 2.60. The summed E-state index contributed by atoms with van der Waals surface area (Å²) in [6.45, 7) is 0. The molecule has 164 valence electrons. The van der Waals surface area contributed by atoms with Crippen molar-refractivity contribution < 1.29 is 22.5 Å². The van der Waals surface area contributed by atoms with Gasteiger partial charge in [-0.1, -0.05) is 0 Å². The van der Waals surface area contributed by atoms with Gasteiger partial charge in [-0.15, -0.1) is 0 Å². The van der Waals surface area contributed by atoms with Crippen LogP contribution in [0.15, 0.2) is 41.3 Å². The third kappa shape index (κ3) is 4.29. The lowest BCUT2D eigenvalue weighted by atomic mass is 9.50. The molecule has 4 bridgehead atoms. The van der Waals surface area contributed by atoms with Crippen molar-refractivity contribution in [3.8, 4) is 5.75 Å². The number of halogens is 2. The number of carbonyl (C=O) groups excluding carboxylic acids is 1. The van der Waals surface area contributed by atoms with Crippen LogP contribution in [-0.4, -0.2) is 18.9 Å². The smallest absolute Gasteiger partial charge is 0.343 e. The van der Waals surface area contributed by atoms with Crippen LogP contribution in [0.5, 0.6) is 5.75 Å². The van der Waals surface area contributed by atoms with Gasteiger partial charge in [-0.3, -0.25) is 4.55 Å². The Hall–Kier alpha value is -0.720. The van der Waals surface area contributed by atoms with E-state index in [9.17, 15) is 17.8 Å². The molecule has 0 saturated heterocycles. The Labute approximate surface area is 209 Å². The number of esters is 1. The average Bonchev–Trinajstić information content (AvgIpc) is 2.69. The van der Waals surface area contributed by atoms with E-state index in [0.717, 1.165) is 44.7 Å². The van der Waals surface area contributed by atoms with E-state index in [1.165, 1.54) is 18.6 Å². The maximum absolute atomic E-state index is 12.9. The highest BCUT2D eigenvalue weighted by atomic mass is 127. The summed E-state index contributed by atoms with van der Waals surface area (Å²) in [5, 5.41) is 0. The number of hydrogen-bond acceptors (Lipinski definition) is 4. The van der Waals surface area contributed by atoms with E-state index in [1.807, 2.05) is 12.1 Å². The van der Waals surface area contributed by atoms with Crippen molar-refractivity contribution in [2.24, 2.45) is 23.7 Å². The molecular formula is C23H22I2O5S. The maximum Gasteiger partial charge on any atom is 0.343 e. The molecular weight excluding hydrogens is 642 g/mol. The molecule has 0 radical (unpaired) electrons. The van der Waals surface area contributed by atoms with Crippen LogP contribution in [0.3, 0.4) is 0 Å². The number of benzene rings is 2. The summed E-state index contributed by atoms with van der Waals surface area (Å²) in [5.41, 5.74) is 0.897. The maximum atomic E-state index is 12.9. The molecule has 0 aliphatic heterocycles. The first-order valence-corrected chi connectivity index (χ1v) is 14.1. The molecule has 4 saturated carbocycles. The Morgan fingerprint density at radius 3 is 2.19 bits per heavy atom. The zero-order chi connectivity index (χ0) is 21.9. The van der Waals surface area contributed by atoms with Crippen LogP contribution < -0.4 is 4.74 Å². The molecule has 4 aliphatic carbocycles. The third-order valence-corrected chi connectivity index (χ3v) is 9.69. The first-order chi connectivity index (χ1) is 14.7. The SMILES string of the molecule is O=C(Oc1cc(I)ccc1I)c1ccc(S(=O)(=O)O)c(C2C3CC4CC(C3)CC2C4)c1. The highest BCUT2D eigenvalue weighted by Gasteiger charge is 2.49. The van der Waals surface area contributed by atoms with Crippen LogP contribution in [0.25, 0.3) is 0 Å². The van der Waals surface area contributed by atoms with Crippen LogP contribution in [0.1, 0.15) is 53.9 Å². The molecule has 31 heavy (non-hydrogen) atoms. The molecule has 2 aromatic carbocycles. The molecule has 0 aromatic heterocycles. The van der Waals surface area contributed by atoms with Gasteiger partial charge in [-0.2, -0.15) is 8.42 Å². The summed E-state index contributed by atoms with van der Waals surface area (Å²) in [5.74, 6) is 2.33. The Bertz CT molecular complexity index is 1130. The second-order valence-electron chi connectivity index (χ2n) is 9.15. The highest BCUT2D eigenvalue weighted by molar-refractivity contribution is 14.1. The minimum Gasteiger partial charge on any atom is -0.422 e. The molecule has 4 aliphatic rings. The van der Waals surface area contributed by atoms with Crippen molar-refractivity contribution >= 4 is 61.3 Å². The van der Waals surface area contributed by atoms with Gasteiger partial charge < -0.3 is 4.74 Å². The second-order valence-corrected chi connectivity index (χ2v) is 12.9. The monoisotopic (exact) mass is 664 g/mol. The summed E-state index contributed by atoms with van der Waals surface area (Å²) < 4.78 is 41.7. The minimum absolute atomic E-state index is 0.0645. The van der Waals surface area contributed by atoms with E-state index in [-0.39, 0.29) is 10.8 Å². The zero-order valence-electron chi connectivity index (χ0n) is 16.6. The number of ether oxygens (including phenoxy) is 1. The van der Waals surface area contributed by atoms with E-state index < -0.39 is 16.1 Å². The summed E-state index contributed by atoms with van der Waals surface area (Å²) in [7, 11) is -4.38. The predicted molar refractivity (Wildman–Crippen MR) is 133 cm³/mol. The van der Waals surface area contributed by atoms with Crippen molar-refractivity contribution in [1.82, 2.24) is 0 Å². The number of hydrogen-bond donors (Lipinski definition) is 1. The van der Waals surface area contributed by atoms with Crippen molar-refractivity contribution in [1.29, 1.82) is 0 Å². The average molecular weight is 664 g/mol. The second kappa shape index (κ2) is 8.25. The van der Waals surface area contributed by atoms with E-state index in [1.54, 1.807) is 12.1 Å². The van der Waals surface area contributed by atoms with Gasteiger partial charge in [0.1, 0.15) is 5.75 Å². The van der Waals surface area contributed by atoms with E-state index in [2.05, 4.69) is 45.2 Å². The third-order valence-electron chi connectivity index (χ3n) is 7.21. The first kappa shape index (κ1) is 22.1. The largest absolute Gasteiger partial charge is 0.422 e. The van der Waals surface area contributed by atoms with Crippen molar-refractivity contribution in [3.63, 3.8) is 0 Å². The van der Waals surface area contributed by atoms with Gasteiger partial charge >= 0.3 is 5.97 Å². The van der Waals surface area contributed by atoms with Gasteiger partial charge in [0.05, 0.1) is 14.0 Å². The molecule has 0 unspecified atom stereocenters. The van der Waals surface area contributed by atoms with E-state index in [0.29, 0.717) is 28.7 Å². The molecule has 1 N–H and O–H groups in total. The van der Waals surface area contributed by atoms with Crippen molar-refractivity contribution in [2.75, 3.05) is 0 Å². The van der Waals surface area contributed by atoms with Gasteiger partial charge in [0.2, 0.25) is 0 Å². The summed E-state index contributed by atoms with van der Waals surface area (Å²) >= 11 is 4.28. The molecule has 0 spiro atoms. The van der Waals surface area contributed by atoms with Crippen LogP contribution in [-0.2, 0) is 10.1 Å².